The van der Waals surface area contributed by atoms with Crippen LogP contribution in [-0.4, -0.2) is 25.8 Å². The number of fused-ring (bicyclic) bond motifs is 1. The van der Waals surface area contributed by atoms with Gasteiger partial charge in [0.05, 0.1) is 12.7 Å². The number of aromatic amines is 1. The highest BCUT2D eigenvalue weighted by atomic mass is 16.3. The van der Waals surface area contributed by atoms with Crippen molar-refractivity contribution in [2.24, 2.45) is 13.0 Å². The average Bonchev–Trinajstić information content (AvgIpc) is 3.48. The Labute approximate surface area is 144 Å². The molecule has 2 aliphatic carbocycles. The zero-order valence-corrected chi connectivity index (χ0v) is 14.4. The third kappa shape index (κ3) is 2.54. The molecule has 3 heterocycles. The van der Waals surface area contributed by atoms with Crippen LogP contribution in [0.4, 0.5) is 5.95 Å². The van der Waals surface area contributed by atoms with Gasteiger partial charge in [-0.05, 0) is 37.3 Å². The van der Waals surface area contributed by atoms with Gasteiger partial charge in [0.2, 0.25) is 5.95 Å². The van der Waals surface area contributed by atoms with Crippen molar-refractivity contribution in [2.45, 2.75) is 44.7 Å². The molecule has 0 aromatic carbocycles. The van der Waals surface area contributed by atoms with Crippen LogP contribution in [0.1, 0.15) is 43.6 Å². The van der Waals surface area contributed by atoms with E-state index in [-0.39, 0.29) is 5.56 Å². The Morgan fingerprint density at radius 1 is 1.40 bits per heavy atom. The minimum absolute atomic E-state index is 0.148. The first-order valence-electron chi connectivity index (χ1n) is 8.87. The predicted octanol–water partition coefficient (Wildman–Crippen LogP) is 2.54. The highest BCUT2D eigenvalue weighted by molar-refractivity contribution is 5.74. The monoisotopic (exact) mass is 339 g/mol. The van der Waals surface area contributed by atoms with Crippen LogP contribution < -0.4 is 10.5 Å². The van der Waals surface area contributed by atoms with E-state index in [4.69, 9.17) is 4.42 Å². The van der Waals surface area contributed by atoms with Crippen molar-refractivity contribution in [3.8, 4) is 0 Å². The summed E-state index contributed by atoms with van der Waals surface area (Å²) in [5.74, 6) is 3.91. The number of hydrogen-bond acceptors (Lipinski definition) is 5. The van der Waals surface area contributed by atoms with E-state index in [2.05, 4.69) is 39.0 Å². The van der Waals surface area contributed by atoms with Crippen LogP contribution in [0.15, 0.2) is 27.5 Å². The lowest BCUT2D eigenvalue weighted by atomic mass is 10.3. The highest BCUT2D eigenvalue weighted by Gasteiger charge is 2.37. The van der Waals surface area contributed by atoms with E-state index in [0.29, 0.717) is 35.5 Å². The van der Waals surface area contributed by atoms with Gasteiger partial charge in [0.15, 0.2) is 5.65 Å². The summed E-state index contributed by atoms with van der Waals surface area (Å²) >= 11 is 0. The number of rotatable bonds is 5. The fraction of sp³-hybridized carbons (Fsp3) is 0.500. The molecule has 0 saturated heterocycles. The van der Waals surface area contributed by atoms with E-state index in [1.54, 1.807) is 17.9 Å². The second-order valence-electron chi connectivity index (χ2n) is 7.38. The Hall–Kier alpha value is -2.57. The van der Waals surface area contributed by atoms with Gasteiger partial charge in [-0.2, -0.15) is 10.1 Å². The maximum absolute atomic E-state index is 12.4. The quantitative estimate of drug-likeness (QED) is 0.773. The SMILES string of the molecule is C[C@H]1C[C@@H]1c1ccc(CN(c2nc3c(cnn3C)c(=O)[nH]2)C2CC2)o1. The molecule has 0 spiro atoms. The molecule has 2 atom stereocenters. The third-order valence-corrected chi connectivity index (χ3v) is 5.33. The summed E-state index contributed by atoms with van der Waals surface area (Å²) in [6.45, 7) is 2.87. The summed E-state index contributed by atoms with van der Waals surface area (Å²) in [7, 11) is 1.80. The van der Waals surface area contributed by atoms with Crippen LogP contribution in [0, 0.1) is 5.92 Å². The van der Waals surface area contributed by atoms with E-state index in [0.717, 1.165) is 30.3 Å². The summed E-state index contributed by atoms with van der Waals surface area (Å²) in [4.78, 5) is 22.1. The fourth-order valence-corrected chi connectivity index (χ4v) is 3.49. The van der Waals surface area contributed by atoms with Gasteiger partial charge < -0.3 is 9.32 Å². The van der Waals surface area contributed by atoms with Crippen LogP contribution in [0.5, 0.6) is 0 Å². The average molecular weight is 339 g/mol. The van der Waals surface area contributed by atoms with Gasteiger partial charge in [0.25, 0.3) is 5.56 Å². The predicted molar refractivity (Wildman–Crippen MR) is 93.6 cm³/mol. The molecule has 0 unspecified atom stereocenters. The Kier molecular flexibility index (Phi) is 3.07. The number of aromatic nitrogens is 4. The highest BCUT2D eigenvalue weighted by Crippen LogP contribution is 2.47. The molecule has 2 saturated carbocycles. The summed E-state index contributed by atoms with van der Waals surface area (Å²) < 4.78 is 7.69. The van der Waals surface area contributed by atoms with Crippen LogP contribution in [0.2, 0.25) is 0 Å². The molecule has 1 N–H and O–H groups in total. The molecule has 0 radical (unpaired) electrons. The van der Waals surface area contributed by atoms with Crippen molar-refractivity contribution in [1.29, 1.82) is 0 Å². The van der Waals surface area contributed by atoms with Gasteiger partial charge in [0.1, 0.15) is 16.9 Å². The Morgan fingerprint density at radius 2 is 2.20 bits per heavy atom. The third-order valence-electron chi connectivity index (χ3n) is 5.33. The van der Waals surface area contributed by atoms with E-state index >= 15 is 0 Å². The summed E-state index contributed by atoms with van der Waals surface area (Å²) in [5, 5.41) is 4.65. The van der Waals surface area contributed by atoms with Gasteiger partial charge in [0, 0.05) is 19.0 Å². The van der Waals surface area contributed by atoms with E-state index < -0.39 is 0 Å². The smallest absolute Gasteiger partial charge is 0.263 e. The number of nitrogens with zero attached hydrogens (tertiary/aromatic N) is 4. The molecule has 25 heavy (non-hydrogen) atoms. The van der Waals surface area contributed by atoms with Crippen LogP contribution in [0.3, 0.4) is 0 Å². The number of H-pyrrole nitrogens is 1. The van der Waals surface area contributed by atoms with Crippen molar-refractivity contribution >= 4 is 17.0 Å². The molecule has 2 fully saturated rings. The largest absolute Gasteiger partial charge is 0.464 e. The lowest BCUT2D eigenvalue weighted by Crippen LogP contribution is -2.29. The first kappa shape index (κ1) is 14.7. The molecule has 7 heteroatoms. The van der Waals surface area contributed by atoms with E-state index in [1.807, 2.05) is 0 Å². The molecule has 0 amide bonds. The van der Waals surface area contributed by atoms with Crippen molar-refractivity contribution in [2.75, 3.05) is 4.90 Å². The summed E-state index contributed by atoms with van der Waals surface area (Å²) in [6.07, 6.45) is 4.99. The molecule has 7 nitrogen and oxygen atoms in total. The first-order valence-corrected chi connectivity index (χ1v) is 8.87. The second-order valence-corrected chi connectivity index (χ2v) is 7.38. The van der Waals surface area contributed by atoms with Crippen LogP contribution in [-0.2, 0) is 13.6 Å². The number of furan rings is 1. The Bertz CT molecular complexity index is 996. The summed E-state index contributed by atoms with van der Waals surface area (Å²) in [6, 6.07) is 4.55. The topological polar surface area (TPSA) is 80.0 Å². The van der Waals surface area contributed by atoms with Gasteiger partial charge in [-0.15, -0.1) is 0 Å². The minimum atomic E-state index is -0.148. The molecule has 3 aromatic rings. The zero-order chi connectivity index (χ0) is 17.1. The lowest BCUT2D eigenvalue weighted by Gasteiger charge is -2.21. The molecule has 0 bridgehead atoms. The molecule has 3 aromatic heterocycles. The molecular formula is C18H21N5O2. The standard InChI is InChI=1S/C18H21N5O2/c1-10-7-13(10)15-6-5-12(25-15)9-23(11-3-4-11)18-20-16-14(17(24)21-18)8-19-22(16)2/h5-6,8,10-11,13H,3-4,7,9H2,1-2H3,(H,20,21,24)/t10-,13-/m0/s1. The number of hydrogen-bond donors (Lipinski definition) is 1. The molecule has 5 rings (SSSR count). The maximum Gasteiger partial charge on any atom is 0.263 e. The molecule has 130 valence electrons. The zero-order valence-electron chi connectivity index (χ0n) is 14.4. The van der Waals surface area contributed by atoms with E-state index in [9.17, 15) is 4.79 Å². The van der Waals surface area contributed by atoms with Crippen molar-refractivity contribution < 1.29 is 4.42 Å². The van der Waals surface area contributed by atoms with Gasteiger partial charge in [-0.25, -0.2) is 0 Å². The molecule has 2 aliphatic rings. The Balaban J connectivity index is 1.48. The second kappa shape index (κ2) is 5.21. The van der Waals surface area contributed by atoms with Gasteiger partial charge in [-0.1, -0.05) is 6.92 Å². The first-order chi connectivity index (χ1) is 12.1. The number of anilines is 1. The fourth-order valence-electron chi connectivity index (χ4n) is 3.49. The Morgan fingerprint density at radius 3 is 2.92 bits per heavy atom. The minimum Gasteiger partial charge on any atom is -0.464 e. The van der Waals surface area contributed by atoms with Crippen molar-refractivity contribution in [1.82, 2.24) is 19.7 Å². The van der Waals surface area contributed by atoms with Gasteiger partial charge >= 0.3 is 0 Å². The van der Waals surface area contributed by atoms with Gasteiger partial charge in [-0.3, -0.25) is 14.5 Å². The van der Waals surface area contributed by atoms with Crippen molar-refractivity contribution in [3.05, 3.63) is 40.2 Å². The normalized spacial score (nSPS) is 22.5. The van der Waals surface area contributed by atoms with Crippen LogP contribution in [0.25, 0.3) is 11.0 Å². The lowest BCUT2D eigenvalue weighted by molar-refractivity contribution is 0.455. The molecular weight excluding hydrogens is 318 g/mol. The van der Waals surface area contributed by atoms with Crippen LogP contribution >= 0.6 is 0 Å². The van der Waals surface area contributed by atoms with Crippen molar-refractivity contribution in [3.63, 3.8) is 0 Å². The number of nitrogens with one attached hydrogen (secondary N) is 1. The molecule has 0 aliphatic heterocycles. The summed E-state index contributed by atoms with van der Waals surface area (Å²) in [5.41, 5.74) is 0.460. The maximum atomic E-state index is 12.4. The van der Waals surface area contributed by atoms with E-state index in [1.165, 1.54) is 6.42 Å². The number of aryl methyl sites for hydroxylation is 1.